The topological polar surface area (TPSA) is 58.2 Å². The fourth-order valence-electron chi connectivity index (χ4n) is 3.77. The van der Waals surface area contributed by atoms with E-state index in [1.54, 1.807) is 13.3 Å². The van der Waals surface area contributed by atoms with Crippen LogP contribution in [0.25, 0.3) is 11.1 Å². The Bertz CT molecular complexity index is 933. The van der Waals surface area contributed by atoms with E-state index in [-0.39, 0.29) is 11.9 Å². The number of nitrogens with one attached hydrogen (secondary N) is 1. The van der Waals surface area contributed by atoms with Crippen LogP contribution >= 0.6 is 0 Å². The Kier molecular flexibility index (Phi) is 4.67. The number of rotatable bonds is 4. The highest BCUT2D eigenvalue weighted by atomic mass is 16.5. The van der Waals surface area contributed by atoms with Gasteiger partial charge in [0.05, 0.1) is 19.3 Å². The molecule has 0 spiro atoms. The van der Waals surface area contributed by atoms with Crippen molar-refractivity contribution in [2.45, 2.75) is 25.8 Å². The number of aromatic amines is 1. The Morgan fingerprint density at radius 1 is 1.22 bits per heavy atom. The highest BCUT2D eigenvalue weighted by molar-refractivity contribution is 5.96. The van der Waals surface area contributed by atoms with Gasteiger partial charge >= 0.3 is 0 Å². The largest absolute Gasteiger partial charge is 0.496 e. The van der Waals surface area contributed by atoms with Crippen LogP contribution in [-0.4, -0.2) is 34.7 Å². The van der Waals surface area contributed by atoms with Crippen LogP contribution < -0.4 is 4.74 Å². The first kappa shape index (κ1) is 17.3. The standard InChI is InChI=1S/C22H23N3O2/c1-15-5-7-16(8-6-15)20-4-3-11-25(20)22(26)17-9-10-19(21(12-17)27-2)18-13-23-24-14-18/h5-10,12-14,20H,3-4,11H2,1-2H3,(H,23,24). The van der Waals surface area contributed by atoms with Crippen molar-refractivity contribution < 1.29 is 9.53 Å². The number of hydrogen-bond donors (Lipinski definition) is 1. The van der Waals surface area contributed by atoms with Gasteiger partial charge in [-0.05, 0) is 43.5 Å². The van der Waals surface area contributed by atoms with Gasteiger partial charge < -0.3 is 9.64 Å². The summed E-state index contributed by atoms with van der Waals surface area (Å²) in [6, 6.07) is 14.2. The fraction of sp³-hybridized carbons (Fsp3) is 0.273. The van der Waals surface area contributed by atoms with Crippen molar-refractivity contribution in [1.29, 1.82) is 0 Å². The molecule has 27 heavy (non-hydrogen) atoms. The molecule has 4 rings (SSSR count). The van der Waals surface area contributed by atoms with E-state index in [1.165, 1.54) is 11.1 Å². The number of methoxy groups -OCH3 is 1. The number of carbonyl (C=O) groups excluding carboxylic acids is 1. The second-order valence-corrected chi connectivity index (χ2v) is 6.97. The third-order valence-electron chi connectivity index (χ3n) is 5.23. The minimum atomic E-state index is 0.0510. The zero-order valence-electron chi connectivity index (χ0n) is 15.6. The molecule has 138 valence electrons. The summed E-state index contributed by atoms with van der Waals surface area (Å²) in [7, 11) is 1.62. The van der Waals surface area contributed by atoms with E-state index in [9.17, 15) is 4.79 Å². The van der Waals surface area contributed by atoms with E-state index in [0.717, 1.165) is 30.5 Å². The summed E-state index contributed by atoms with van der Waals surface area (Å²) >= 11 is 0. The van der Waals surface area contributed by atoms with E-state index in [2.05, 4.69) is 41.4 Å². The summed E-state index contributed by atoms with van der Waals surface area (Å²) in [5.74, 6) is 0.725. The maximum atomic E-state index is 13.2. The maximum Gasteiger partial charge on any atom is 0.254 e. The Morgan fingerprint density at radius 3 is 2.74 bits per heavy atom. The number of amides is 1. The fourth-order valence-corrected chi connectivity index (χ4v) is 3.77. The smallest absolute Gasteiger partial charge is 0.254 e. The quantitative estimate of drug-likeness (QED) is 0.751. The van der Waals surface area contributed by atoms with Crippen molar-refractivity contribution in [3.8, 4) is 16.9 Å². The lowest BCUT2D eigenvalue weighted by molar-refractivity contribution is 0.0735. The van der Waals surface area contributed by atoms with E-state index >= 15 is 0 Å². The first-order valence-corrected chi connectivity index (χ1v) is 9.22. The van der Waals surface area contributed by atoms with Gasteiger partial charge in [0.2, 0.25) is 0 Å². The van der Waals surface area contributed by atoms with Crippen molar-refractivity contribution >= 4 is 5.91 Å². The van der Waals surface area contributed by atoms with Crippen molar-refractivity contribution in [2.24, 2.45) is 0 Å². The van der Waals surface area contributed by atoms with Gasteiger partial charge in [-0.2, -0.15) is 5.10 Å². The minimum Gasteiger partial charge on any atom is -0.496 e. The van der Waals surface area contributed by atoms with E-state index < -0.39 is 0 Å². The Labute approximate surface area is 159 Å². The molecule has 1 fully saturated rings. The number of nitrogens with zero attached hydrogens (tertiary/aromatic N) is 2. The molecule has 1 atom stereocenters. The highest BCUT2D eigenvalue weighted by Crippen LogP contribution is 2.35. The van der Waals surface area contributed by atoms with Crippen LogP contribution in [0.15, 0.2) is 54.9 Å². The molecule has 1 N–H and O–H groups in total. The summed E-state index contributed by atoms with van der Waals surface area (Å²) in [5.41, 5.74) is 4.93. The van der Waals surface area contributed by atoms with Crippen molar-refractivity contribution in [2.75, 3.05) is 13.7 Å². The molecule has 0 radical (unpaired) electrons. The van der Waals surface area contributed by atoms with Crippen LogP contribution in [0.3, 0.4) is 0 Å². The van der Waals surface area contributed by atoms with E-state index in [4.69, 9.17) is 4.74 Å². The molecular formula is C22H23N3O2. The molecule has 0 saturated carbocycles. The SMILES string of the molecule is COc1cc(C(=O)N2CCCC2c2ccc(C)cc2)ccc1-c1cn[nH]c1. The number of carbonyl (C=O) groups is 1. The van der Waals surface area contributed by atoms with Crippen LogP contribution in [0.5, 0.6) is 5.75 Å². The maximum absolute atomic E-state index is 13.2. The molecule has 1 aliphatic rings. The van der Waals surface area contributed by atoms with Gasteiger partial charge in [0.15, 0.2) is 0 Å². The zero-order valence-corrected chi connectivity index (χ0v) is 15.6. The number of hydrogen-bond acceptors (Lipinski definition) is 3. The number of H-pyrrole nitrogens is 1. The van der Waals surface area contributed by atoms with Gasteiger partial charge in [-0.1, -0.05) is 29.8 Å². The molecule has 1 unspecified atom stereocenters. The lowest BCUT2D eigenvalue weighted by Crippen LogP contribution is -2.30. The lowest BCUT2D eigenvalue weighted by Gasteiger charge is -2.25. The average Bonchev–Trinajstić information content (AvgIpc) is 3.39. The molecule has 1 amide bonds. The van der Waals surface area contributed by atoms with Crippen LogP contribution in [0, 0.1) is 6.92 Å². The molecule has 0 aliphatic carbocycles. The molecule has 1 aromatic heterocycles. The molecule has 5 nitrogen and oxygen atoms in total. The summed E-state index contributed by atoms with van der Waals surface area (Å²) in [6.07, 6.45) is 5.58. The monoisotopic (exact) mass is 361 g/mol. The van der Waals surface area contributed by atoms with Crippen molar-refractivity contribution in [3.63, 3.8) is 0 Å². The van der Waals surface area contributed by atoms with Gasteiger partial charge in [0, 0.05) is 29.4 Å². The summed E-state index contributed by atoms with van der Waals surface area (Å²) in [5, 5.41) is 6.80. The molecule has 1 aliphatic heterocycles. The van der Waals surface area contributed by atoms with Gasteiger partial charge in [-0.15, -0.1) is 0 Å². The van der Waals surface area contributed by atoms with Gasteiger partial charge in [-0.25, -0.2) is 0 Å². The number of benzene rings is 2. The lowest BCUT2D eigenvalue weighted by atomic mass is 10.0. The Morgan fingerprint density at radius 2 is 2.04 bits per heavy atom. The first-order valence-electron chi connectivity index (χ1n) is 9.22. The molecule has 2 aromatic carbocycles. The number of aryl methyl sites for hydroxylation is 1. The van der Waals surface area contributed by atoms with Crippen molar-refractivity contribution in [1.82, 2.24) is 15.1 Å². The summed E-state index contributed by atoms with van der Waals surface area (Å²) < 4.78 is 5.53. The number of likely N-dealkylation sites (tertiary alicyclic amines) is 1. The zero-order chi connectivity index (χ0) is 18.8. The third-order valence-corrected chi connectivity index (χ3v) is 5.23. The van der Waals surface area contributed by atoms with Gasteiger partial charge in [0.1, 0.15) is 5.75 Å². The van der Waals surface area contributed by atoms with Crippen LogP contribution in [-0.2, 0) is 0 Å². The number of aromatic nitrogens is 2. The van der Waals surface area contributed by atoms with Gasteiger partial charge in [-0.3, -0.25) is 9.89 Å². The number of ether oxygens (including phenoxy) is 1. The van der Waals surface area contributed by atoms with Crippen LogP contribution in [0.4, 0.5) is 0 Å². The molecule has 2 heterocycles. The van der Waals surface area contributed by atoms with Crippen molar-refractivity contribution in [3.05, 3.63) is 71.5 Å². The second kappa shape index (κ2) is 7.27. The highest BCUT2D eigenvalue weighted by Gasteiger charge is 2.30. The Balaban J connectivity index is 1.63. The third kappa shape index (κ3) is 3.33. The normalized spacial score (nSPS) is 16.5. The Hall–Kier alpha value is -3.08. The molecule has 0 bridgehead atoms. The first-order chi connectivity index (χ1) is 13.2. The van der Waals surface area contributed by atoms with E-state index in [0.29, 0.717) is 11.3 Å². The molecular weight excluding hydrogens is 338 g/mol. The van der Waals surface area contributed by atoms with Crippen LogP contribution in [0.1, 0.15) is 40.4 Å². The molecule has 1 saturated heterocycles. The predicted octanol–water partition coefficient (Wildman–Crippen LogP) is 4.37. The summed E-state index contributed by atoms with van der Waals surface area (Å²) in [6.45, 7) is 2.86. The average molecular weight is 361 g/mol. The van der Waals surface area contributed by atoms with Gasteiger partial charge in [0.25, 0.3) is 5.91 Å². The molecule has 3 aromatic rings. The minimum absolute atomic E-state index is 0.0510. The molecule has 5 heteroatoms. The summed E-state index contributed by atoms with van der Waals surface area (Å²) in [4.78, 5) is 15.2. The second-order valence-electron chi connectivity index (χ2n) is 6.97. The predicted molar refractivity (Wildman–Crippen MR) is 105 cm³/mol. The van der Waals surface area contributed by atoms with Crippen LogP contribution in [0.2, 0.25) is 0 Å². The van der Waals surface area contributed by atoms with E-state index in [1.807, 2.05) is 29.3 Å².